The largest absolute Gasteiger partial charge is 0.496 e. The molecule has 31 heavy (non-hydrogen) atoms. The van der Waals surface area contributed by atoms with Crippen LogP contribution in [0, 0.1) is 0 Å². The van der Waals surface area contributed by atoms with E-state index in [0.29, 0.717) is 23.4 Å². The van der Waals surface area contributed by atoms with Gasteiger partial charge in [-0.25, -0.2) is 0 Å². The molecule has 2 rings (SSSR count). The van der Waals surface area contributed by atoms with Crippen molar-refractivity contribution in [3.05, 3.63) is 64.7 Å². The first-order valence-electron chi connectivity index (χ1n) is 8.80. The Hall–Kier alpha value is -3.24. The average molecular weight is 448 g/mol. The summed E-state index contributed by atoms with van der Waals surface area (Å²) < 4.78 is 82.9. The van der Waals surface area contributed by atoms with Crippen molar-refractivity contribution in [2.75, 3.05) is 7.11 Å². The lowest BCUT2D eigenvalue weighted by molar-refractivity contribution is -0.143. The molecule has 0 aliphatic heterocycles. The second-order valence-corrected chi connectivity index (χ2v) is 6.63. The second-order valence-electron chi connectivity index (χ2n) is 6.63. The van der Waals surface area contributed by atoms with Gasteiger partial charge in [0.1, 0.15) is 11.8 Å². The molecule has 5 nitrogen and oxygen atoms in total. The van der Waals surface area contributed by atoms with Gasteiger partial charge in [-0.15, -0.1) is 0 Å². The third-order valence-corrected chi connectivity index (χ3v) is 4.31. The molecule has 0 heterocycles. The number of hydrogen-bond donors (Lipinski definition) is 2. The number of carbonyl (C=O) groups excluding carboxylic acids is 2. The van der Waals surface area contributed by atoms with Crippen molar-refractivity contribution >= 4 is 11.8 Å². The van der Waals surface area contributed by atoms with Crippen molar-refractivity contribution in [2.45, 2.75) is 31.2 Å². The Morgan fingerprint density at radius 3 is 2.03 bits per heavy atom. The van der Waals surface area contributed by atoms with Crippen LogP contribution >= 0.6 is 0 Å². The summed E-state index contributed by atoms with van der Waals surface area (Å²) in [6.07, 6.45) is -11.0. The van der Waals surface area contributed by atoms with Crippen LogP contribution in [0.2, 0.25) is 0 Å². The highest BCUT2D eigenvalue weighted by molar-refractivity contribution is 5.87. The van der Waals surface area contributed by atoms with Gasteiger partial charge in [0, 0.05) is 6.42 Å². The molecule has 0 aliphatic rings. The Bertz CT molecular complexity index is 924. The van der Waals surface area contributed by atoms with Crippen molar-refractivity contribution in [2.24, 2.45) is 5.73 Å². The molecule has 2 aromatic rings. The van der Waals surface area contributed by atoms with Crippen LogP contribution in [0.3, 0.4) is 0 Å². The maximum Gasteiger partial charge on any atom is 0.416 e. The van der Waals surface area contributed by atoms with Gasteiger partial charge < -0.3 is 15.8 Å². The van der Waals surface area contributed by atoms with Crippen LogP contribution in [0.25, 0.3) is 0 Å². The quantitative estimate of drug-likeness (QED) is 0.637. The van der Waals surface area contributed by atoms with Crippen molar-refractivity contribution in [1.29, 1.82) is 0 Å². The van der Waals surface area contributed by atoms with E-state index >= 15 is 0 Å². The molecule has 2 amide bonds. The van der Waals surface area contributed by atoms with Crippen LogP contribution < -0.4 is 15.8 Å². The minimum absolute atomic E-state index is 0.0324. The van der Waals surface area contributed by atoms with Crippen LogP contribution in [0.4, 0.5) is 26.3 Å². The van der Waals surface area contributed by atoms with E-state index in [1.165, 1.54) is 7.11 Å². The third kappa shape index (κ3) is 6.63. The minimum Gasteiger partial charge on any atom is -0.496 e. The molecule has 0 radical (unpaired) electrons. The number of benzene rings is 2. The lowest BCUT2D eigenvalue weighted by atomic mass is 10.0. The topological polar surface area (TPSA) is 81.4 Å². The molecule has 0 saturated heterocycles. The van der Waals surface area contributed by atoms with E-state index in [1.807, 2.05) is 0 Å². The van der Waals surface area contributed by atoms with Crippen molar-refractivity contribution in [3.8, 4) is 5.75 Å². The van der Waals surface area contributed by atoms with Gasteiger partial charge in [-0.1, -0.05) is 18.2 Å². The molecule has 0 bridgehead atoms. The second kappa shape index (κ2) is 9.27. The highest BCUT2D eigenvalue weighted by atomic mass is 19.4. The van der Waals surface area contributed by atoms with Crippen LogP contribution in [0.15, 0.2) is 42.5 Å². The van der Waals surface area contributed by atoms with Gasteiger partial charge in [0.15, 0.2) is 0 Å². The molecule has 2 aromatic carbocycles. The van der Waals surface area contributed by atoms with Crippen LogP contribution in [0.1, 0.15) is 22.3 Å². The summed E-state index contributed by atoms with van der Waals surface area (Å²) in [5.41, 5.74) is 2.22. The average Bonchev–Trinajstić information content (AvgIpc) is 2.66. The predicted molar refractivity (Wildman–Crippen MR) is 98.0 cm³/mol. The predicted octanol–water partition coefficient (Wildman–Crippen LogP) is 3.49. The number of alkyl halides is 6. The van der Waals surface area contributed by atoms with Crippen molar-refractivity contribution < 1.29 is 40.7 Å². The van der Waals surface area contributed by atoms with E-state index in [9.17, 15) is 35.9 Å². The van der Waals surface area contributed by atoms with E-state index in [-0.39, 0.29) is 12.5 Å². The number of carbonyl (C=O) groups is 2. The van der Waals surface area contributed by atoms with E-state index in [1.54, 1.807) is 24.3 Å². The summed E-state index contributed by atoms with van der Waals surface area (Å²) in [7, 11) is 1.39. The zero-order valence-corrected chi connectivity index (χ0v) is 16.1. The Balaban J connectivity index is 2.24. The molecule has 0 saturated carbocycles. The first-order valence-corrected chi connectivity index (χ1v) is 8.80. The summed E-state index contributed by atoms with van der Waals surface area (Å²) >= 11 is 0. The van der Waals surface area contributed by atoms with Gasteiger partial charge in [-0.05, 0) is 35.4 Å². The van der Waals surface area contributed by atoms with Crippen molar-refractivity contribution in [1.82, 2.24) is 5.32 Å². The molecule has 0 unspecified atom stereocenters. The van der Waals surface area contributed by atoms with Gasteiger partial charge in [0.05, 0.1) is 24.7 Å². The fourth-order valence-electron chi connectivity index (χ4n) is 2.87. The van der Waals surface area contributed by atoms with Gasteiger partial charge in [0.25, 0.3) is 0 Å². The molecule has 3 N–H and O–H groups in total. The van der Waals surface area contributed by atoms with Gasteiger partial charge in [0.2, 0.25) is 11.8 Å². The molecule has 0 aliphatic carbocycles. The van der Waals surface area contributed by atoms with Crippen LogP contribution in [0.5, 0.6) is 5.75 Å². The maximum absolute atomic E-state index is 13.0. The van der Waals surface area contributed by atoms with Crippen molar-refractivity contribution in [3.63, 3.8) is 0 Å². The molecular formula is C20H18F6N2O3. The Kier molecular flexibility index (Phi) is 7.19. The van der Waals surface area contributed by atoms with Gasteiger partial charge in [-0.3, -0.25) is 9.59 Å². The molecule has 11 heteroatoms. The highest BCUT2D eigenvalue weighted by Crippen LogP contribution is 2.36. The zero-order valence-electron chi connectivity index (χ0n) is 16.1. The maximum atomic E-state index is 13.0. The third-order valence-electron chi connectivity index (χ3n) is 4.31. The number of rotatable bonds is 7. The lowest BCUT2D eigenvalue weighted by Gasteiger charge is -2.18. The highest BCUT2D eigenvalue weighted by Gasteiger charge is 2.37. The number of methoxy groups -OCH3 is 1. The Labute approximate surface area is 173 Å². The molecule has 1 atom stereocenters. The molecular weight excluding hydrogens is 430 g/mol. The molecule has 0 aromatic heterocycles. The molecule has 0 spiro atoms. The van der Waals surface area contributed by atoms with Crippen LogP contribution in [-0.4, -0.2) is 25.0 Å². The number of para-hydroxylation sites is 1. The van der Waals surface area contributed by atoms with Gasteiger partial charge in [-0.2, -0.15) is 26.3 Å². The first kappa shape index (κ1) is 24.0. The summed E-state index contributed by atoms with van der Waals surface area (Å²) in [4.78, 5) is 24.0. The van der Waals surface area contributed by atoms with E-state index in [2.05, 4.69) is 5.32 Å². The lowest BCUT2D eigenvalue weighted by Crippen LogP contribution is -2.46. The Morgan fingerprint density at radius 2 is 1.55 bits per heavy atom. The summed E-state index contributed by atoms with van der Waals surface area (Å²) in [6.45, 7) is 0. The standard InChI is InChI=1S/C20H18F6N2O3/c1-31-16-5-3-2-4-12(16)9-15(18(27)30)28-17(29)8-11-6-13(19(21,22)23)10-14(7-11)20(24,25)26/h2-7,10,15H,8-9H2,1H3,(H2,27,30)(H,28,29)/t15-/m0/s1. The fraction of sp³-hybridized carbons (Fsp3) is 0.300. The zero-order chi connectivity index (χ0) is 23.4. The Morgan fingerprint density at radius 1 is 1.00 bits per heavy atom. The summed E-state index contributed by atoms with van der Waals surface area (Å²) in [6, 6.07) is 6.17. The SMILES string of the molecule is COc1ccccc1C[C@H](NC(=O)Cc1cc(C(F)(F)F)cc(C(F)(F)F)c1)C(N)=O. The van der Waals surface area contributed by atoms with E-state index in [0.717, 1.165) is 0 Å². The summed E-state index contributed by atoms with van der Waals surface area (Å²) in [5.74, 6) is -1.49. The fourth-order valence-corrected chi connectivity index (χ4v) is 2.87. The number of nitrogens with one attached hydrogen (secondary N) is 1. The molecule has 0 fully saturated rings. The number of primary amides is 1. The number of amides is 2. The van der Waals surface area contributed by atoms with E-state index in [4.69, 9.17) is 10.5 Å². The smallest absolute Gasteiger partial charge is 0.416 e. The number of halogens is 6. The number of ether oxygens (including phenoxy) is 1. The van der Waals surface area contributed by atoms with E-state index < -0.39 is 53.3 Å². The summed E-state index contributed by atoms with van der Waals surface area (Å²) in [5, 5.41) is 2.25. The monoisotopic (exact) mass is 448 g/mol. The molecule has 168 valence electrons. The number of nitrogens with two attached hydrogens (primary N) is 1. The first-order chi connectivity index (χ1) is 14.3. The number of hydrogen-bond acceptors (Lipinski definition) is 3. The van der Waals surface area contributed by atoms with Gasteiger partial charge >= 0.3 is 12.4 Å². The van der Waals surface area contributed by atoms with Crippen LogP contribution in [-0.2, 0) is 34.8 Å². The normalized spacial score (nSPS) is 12.9. The minimum atomic E-state index is -5.04.